The van der Waals surface area contributed by atoms with Crippen LogP contribution in [0.15, 0.2) is 5.38 Å². The van der Waals surface area contributed by atoms with Crippen LogP contribution in [0, 0.1) is 5.92 Å². The zero-order valence-corrected chi connectivity index (χ0v) is 13.9. The van der Waals surface area contributed by atoms with Crippen LogP contribution < -0.4 is 10.2 Å². The van der Waals surface area contributed by atoms with Gasteiger partial charge in [-0.05, 0) is 19.1 Å². The Morgan fingerprint density at radius 3 is 3.00 bits per heavy atom. The number of thioether (sulfide) groups is 1. The third kappa shape index (κ3) is 4.38. The van der Waals surface area contributed by atoms with Gasteiger partial charge in [-0.1, -0.05) is 6.92 Å². The number of hydrogen-bond donors (Lipinski definition) is 1. The first kappa shape index (κ1) is 15.6. The summed E-state index contributed by atoms with van der Waals surface area (Å²) in [7, 11) is 0. The van der Waals surface area contributed by atoms with Crippen LogP contribution in [-0.2, 0) is 11.2 Å². The minimum Gasteiger partial charge on any atom is -0.355 e. The highest BCUT2D eigenvalue weighted by molar-refractivity contribution is 7.98. The van der Waals surface area contributed by atoms with Crippen LogP contribution in [0.3, 0.4) is 0 Å². The molecule has 20 heavy (non-hydrogen) atoms. The smallest absolute Gasteiger partial charge is 0.223 e. The van der Waals surface area contributed by atoms with Crippen LogP contribution in [0.1, 0.15) is 25.5 Å². The van der Waals surface area contributed by atoms with Crippen molar-refractivity contribution in [2.45, 2.75) is 26.2 Å². The Labute approximate surface area is 129 Å². The molecule has 0 radical (unpaired) electrons. The minimum atomic E-state index is 0.0839. The molecule has 0 spiro atoms. The van der Waals surface area contributed by atoms with E-state index in [0.717, 1.165) is 36.1 Å². The number of rotatable bonds is 7. The second-order valence-electron chi connectivity index (χ2n) is 5.21. The molecule has 6 heteroatoms. The topological polar surface area (TPSA) is 45.2 Å². The molecule has 0 aromatic carbocycles. The lowest BCUT2D eigenvalue weighted by Crippen LogP contribution is -2.32. The van der Waals surface area contributed by atoms with Crippen LogP contribution in [0.4, 0.5) is 5.13 Å². The molecule has 2 heterocycles. The third-order valence-corrected chi connectivity index (χ3v) is 5.24. The summed E-state index contributed by atoms with van der Waals surface area (Å²) in [5.74, 6) is 1.11. The summed E-state index contributed by atoms with van der Waals surface area (Å²) in [6, 6.07) is 0. The normalized spacial score (nSPS) is 16.4. The first-order valence-corrected chi connectivity index (χ1v) is 9.44. The summed E-state index contributed by atoms with van der Waals surface area (Å²) in [5, 5.41) is 6.25. The SMILES string of the molecule is CSC[C@@H](C)C(=O)NCCc1csc(N2CCCC2)n1. The first-order chi connectivity index (χ1) is 9.70. The molecule has 0 unspecified atom stereocenters. The molecule has 1 aliphatic heterocycles. The molecule has 1 N–H and O–H groups in total. The van der Waals surface area contributed by atoms with Crippen LogP contribution in [-0.4, -0.2) is 42.5 Å². The molecule has 0 saturated carbocycles. The Balaban J connectivity index is 1.73. The molecule has 112 valence electrons. The maximum absolute atomic E-state index is 11.8. The second kappa shape index (κ2) is 7.88. The van der Waals surface area contributed by atoms with Gasteiger partial charge >= 0.3 is 0 Å². The lowest BCUT2D eigenvalue weighted by atomic mass is 10.2. The number of thiazole rings is 1. The van der Waals surface area contributed by atoms with E-state index in [9.17, 15) is 4.79 Å². The predicted octanol–water partition coefficient (Wildman–Crippen LogP) is 2.40. The molecule has 1 amide bonds. The number of nitrogens with zero attached hydrogens (tertiary/aromatic N) is 2. The molecular weight excluding hydrogens is 290 g/mol. The Bertz CT molecular complexity index is 430. The van der Waals surface area contributed by atoms with Crippen molar-refractivity contribution in [3.63, 3.8) is 0 Å². The first-order valence-electron chi connectivity index (χ1n) is 7.16. The largest absolute Gasteiger partial charge is 0.355 e. The Morgan fingerprint density at radius 2 is 2.30 bits per heavy atom. The molecule has 4 nitrogen and oxygen atoms in total. The van der Waals surface area contributed by atoms with Gasteiger partial charge in [0.1, 0.15) is 0 Å². The predicted molar refractivity (Wildman–Crippen MR) is 87.8 cm³/mol. The van der Waals surface area contributed by atoms with E-state index in [1.165, 1.54) is 12.8 Å². The lowest BCUT2D eigenvalue weighted by Gasteiger charge is -2.12. The quantitative estimate of drug-likeness (QED) is 0.839. The van der Waals surface area contributed by atoms with Crippen LogP contribution in [0.5, 0.6) is 0 Å². The monoisotopic (exact) mass is 313 g/mol. The summed E-state index contributed by atoms with van der Waals surface area (Å²) in [6.07, 6.45) is 5.40. The van der Waals surface area contributed by atoms with Gasteiger partial charge in [-0.25, -0.2) is 4.98 Å². The van der Waals surface area contributed by atoms with Crippen LogP contribution >= 0.6 is 23.1 Å². The van der Waals surface area contributed by atoms with E-state index in [-0.39, 0.29) is 11.8 Å². The van der Waals surface area contributed by atoms with Gasteiger partial charge in [0.15, 0.2) is 5.13 Å². The average molecular weight is 313 g/mol. The molecule has 1 saturated heterocycles. The van der Waals surface area contributed by atoms with Crippen LogP contribution in [0.2, 0.25) is 0 Å². The van der Waals surface area contributed by atoms with Crippen molar-refractivity contribution in [1.29, 1.82) is 0 Å². The highest BCUT2D eigenvalue weighted by Crippen LogP contribution is 2.24. The molecule has 0 aliphatic carbocycles. The minimum absolute atomic E-state index is 0.0839. The van der Waals surface area contributed by atoms with Crippen molar-refractivity contribution < 1.29 is 4.79 Å². The van der Waals surface area contributed by atoms with Gasteiger partial charge in [-0.15, -0.1) is 11.3 Å². The van der Waals surface area contributed by atoms with Gasteiger partial charge in [0.2, 0.25) is 5.91 Å². The number of anilines is 1. The van der Waals surface area contributed by atoms with Gasteiger partial charge in [0, 0.05) is 43.1 Å². The van der Waals surface area contributed by atoms with Gasteiger partial charge in [-0.3, -0.25) is 4.79 Å². The van der Waals surface area contributed by atoms with E-state index in [4.69, 9.17) is 0 Å². The highest BCUT2D eigenvalue weighted by atomic mass is 32.2. The van der Waals surface area contributed by atoms with Crippen LogP contribution in [0.25, 0.3) is 0 Å². The van der Waals surface area contributed by atoms with E-state index in [1.807, 2.05) is 13.2 Å². The highest BCUT2D eigenvalue weighted by Gasteiger charge is 2.16. The van der Waals surface area contributed by atoms with Crippen molar-refractivity contribution in [2.24, 2.45) is 5.92 Å². The van der Waals surface area contributed by atoms with Crippen molar-refractivity contribution in [2.75, 3.05) is 36.5 Å². The van der Waals surface area contributed by atoms with Crippen molar-refractivity contribution in [1.82, 2.24) is 10.3 Å². The van der Waals surface area contributed by atoms with E-state index < -0.39 is 0 Å². The Hall–Kier alpha value is -0.750. The van der Waals surface area contributed by atoms with Crippen molar-refractivity contribution >= 4 is 34.1 Å². The number of carbonyl (C=O) groups excluding carboxylic acids is 1. The van der Waals surface area contributed by atoms with Gasteiger partial charge in [0.05, 0.1) is 5.69 Å². The summed E-state index contributed by atoms with van der Waals surface area (Å²) in [6.45, 7) is 4.92. The Kier molecular flexibility index (Phi) is 6.16. The van der Waals surface area contributed by atoms with E-state index in [1.54, 1.807) is 23.1 Å². The number of hydrogen-bond acceptors (Lipinski definition) is 5. The zero-order chi connectivity index (χ0) is 14.4. The standard InChI is InChI=1S/C14H23N3OS2/c1-11(9-19-2)13(18)15-6-5-12-10-20-14(16-12)17-7-3-4-8-17/h10-11H,3-9H2,1-2H3,(H,15,18)/t11-/m1/s1. The molecule has 0 bridgehead atoms. The molecule has 2 rings (SSSR count). The summed E-state index contributed by atoms with van der Waals surface area (Å²) < 4.78 is 0. The lowest BCUT2D eigenvalue weighted by molar-refractivity contribution is -0.123. The average Bonchev–Trinajstić information content (AvgIpc) is 3.09. The molecule has 1 fully saturated rings. The second-order valence-corrected chi connectivity index (χ2v) is 6.96. The maximum Gasteiger partial charge on any atom is 0.223 e. The molecule has 1 aromatic rings. The molecule has 1 aromatic heterocycles. The number of amides is 1. The van der Waals surface area contributed by atoms with Crippen molar-refractivity contribution in [3.05, 3.63) is 11.1 Å². The fourth-order valence-electron chi connectivity index (χ4n) is 2.28. The number of nitrogens with one attached hydrogen (secondary N) is 1. The van der Waals surface area contributed by atoms with Gasteiger partial charge in [-0.2, -0.15) is 11.8 Å². The van der Waals surface area contributed by atoms with E-state index >= 15 is 0 Å². The number of carbonyl (C=O) groups is 1. The van der Waals surface area contributed by atoms with Crippen molar-refractivity contribution in [3.8, 4) is 0 Å². The fourth-order valence-corrected chi connectivity index (χ4v) is 3.84. The maximum atomic E-state index is 11.8. The summed E-state index contributed by atoms with van der Waals surface area (Å²) in [5.41, 5.74) is 1.09. The summed E-state index contributed by atoms with van der Waals surface area (Å²) >= 11 is 3.43. The third-order valence-electron chi connectivity index (χ3n) is 3.46. The van der Waals surface area contributed by atoms with Gasteiger partial charge in [0.25, 0.3) is 0 Å². The Morgan fingerprint density at radius 1 is 1.55 bits per heavy atom. The van der Waals surface area contributed by atoms with Gasteiger partial charge < -0.3 is 10.2 Å². The molecule has 1 aliphatic rings. The molecular formula is C14H23N3OS2. The molecule has 1 atom stereocenters. The fraction of sp³-hybridized carbons (Fsp3) is 0.714. The van der Waals surface area contributed by atoms with E-state index in [2.05, 4.69) is 20.6 Å². The zero-order valence-electron chi connectivity index (χ0n) is 12.2. The van der Waals surface area contributed by atoms with E-state index in [0.29, 0.717) is 6.54 Å². The summed E-state index contributed by atoms with van der Waals surface area (Å²) in [4.78, 5) is 18.8. The number of aromatic nitrogens is 1.